The first-order chi connectivity index (χ1) is 4.75. The molecule has 1 aliphatic heterocycles. The number of hydrogen-bond donors (Lipinski definition) is 0. The summed E-state index contributed by atoms with van der Waals surface area (Å²) >= 11 is 0. The van der Waals surface area contributed by atoms with E-state index in [0.29, 0.717) is 19.7 Å². The van der Waals surface area contributed by atoms with Crippen LogP contribution in [0.5, 0.6) is 0 Å². The number of carbonyl (C=O) groups excluding carboxylic acids is 2. The quantitative estimate of drug-likeness (QED) is 0.356. The Morgan fingerprint density at radius 1 is 1.60 bits per heavy atom. The third-order valence-electron chi connectivity index (χ3n) is 1.33. The summed E-state index contributed by atoms with van der Waals surface area (Å²) in [6, 6.07) is 0. The average Bonchev–Trinajstić information content (AvgIpc) is 1.95. The summed E-state index contributed by atoms with van der Waals surface area (Å²) in [7, 11) is 0. The van der Waals surface area contributed by atoms with Crippen LogP contribution in [0.15, 0.2) is 0 Å². The molecular weight excluding hydrogens is 134 g/mol. The maximum absolute atomic E-state index is 10.8. The molecule has 1 amide bonds. The van der Waals surface area contributed by atoms with Gasteiger partial charge in [-0.15, -0.1) is 0 Å². The number of rotatable bonds is 1. The van der Waals surface area contributed by atoms with Crippen molar-refractivity contribution in [3.63, 3.8) is 0 Å². The first-order valence-electron chi connectivity index (χ1n) is 3.01. The van der Waals surface area contributed by atoms with Gasteiger partial charge in [-0.25, -0.2) is 4.79 Å². The molecule has 1 aliphatic rings. The number of amides is 1. The summed E-state index contributed by atoms with van der Waals surface area (Å²) in [5.74, 6) is -1.35. The van der Waals surface area contributed by atoms with Crippen molar-refractivity contribution in [2.24, 2.45) is 0 Å². The lowest BCUT2D eigenvalue weighted by Gasteiger charge is -2.23. The first kappa shape index (κ1) is 7.05. The molecule has 0 aromatic heterocycles. The monoisotopic (exact) mass is 142 g/mol. The van der Waals surface area contributed by atoms with Crippen molar-refractivity contribution < 1.29 is 14.3 Å². The SMILES string of the molecule is [CH2]CN1CCOC(=O)C1=O. The average molecular weight is 142 g/mol. The highest BCUT2D eigenvalue weighted by Crippen LogP contribution is 1.98. The lowest BCUT2D eigenvalue weighted by atomic mass is 10.4. The van der Waals surface area contributed by atoms with Crippen LogP contribution in [-0.4, -0.2) is 36.5 Å². The maximum atomic E-state index is 10.8. The topological polar surface area (TPSA) is 46.6 Å². The van der Waals surface area contributed by atoms with Crippen molar-refractivity contribution in [1.82, 2.24) is 4.90 Å². The number of ether oxygens (including phenoxy) is 1. The normalized spacial score (nSPS) is 19.1. The van der Waals surface area contributed by atoms with E-state index in [1.165, 1.54) is 4.90 Å². The van der Waals surface area contributed by atoms with Crippen LogP contribution in [0.4, 0.5) is 0 Å². The molecule has 10 heavy (non-hydrogen) atoms. The van der Waals surface area contributed by atoms with Crippen LogP contribution in [0, 0.1) is 6.92 Å². The zero-order chi connectivity index (χ0) is 7.56. The molecule has 0 aliphatic carbocycles. The highest BCUT2D eigenvalue weighted by molar-refractivity contribution is 6.32. The second-order valence-corrected chi connectivity index (χ2v) is 1.93. The standard InChI is InChI=1S/C6H8NO3/c1-2-7-3-4-10-6(9)5(7)8/h1-4H2. The minimum atomic E-state index is -0.769. The number of morpholine rings is 1. The van der Waals surface area contributed by atoms with Gasteiger partial charge in [0.15, 0.2) is 0 Å². The minimum Gasteiger partial charge on any atom is -0.457 e. The van der Waals surface area contributed by atoms with E-state index in [2.05, 4.69) is 11.7 Å². The molecule has 0 N–H and O–H groups in total. The zero-order valence-electron chi connectivity index (χ0n) is 5.50. The molecule has 1 fully saturated rings. The molecule has 0 aromatic rings. The van der Waals surface area contributed by atoms with Gasteiger partial charge in [-0.3, -0.25) is 4.79 Å². The maximum Gasteiger partial charge on any atom is 0.397 e. The largest absolute Gasteiger partial charge is 0.457 e. The Morgan fingerprint density at radius 2 is 2.30 bits per heavy atom. The zero-order valence-corrected chi connectivity index (χ0v) is 5.50. The summed E-state index contributed by atoms with van der Waals surface area (Å²) in [4.78, 5) is 22.6. The third kappa shape index (κ3) is 1.10. The van der Waals surface area contributed by atoms with Crippen molar-refractivity contribution in [3.8, 4) is 0 Å². The molecule has 0 unspecified atom stereocenters. The molecule has 1 rings (SSSR count). The van der Waals surface area contributed by atoms with Crippen LogP contribution in [0.25, 0.3) is 0 Å². The number of nitrogens with zero attached hydrogens (tertiary/aromatic N) is 1. The van der Waals surface area contributed by atoms with E-state index < -0.39 is 11.9 Å². The van der Waals surface area contributed by atoms with E-state index in [1.54, 1.807) is 0 Å². The van der Waals surface area contributed by atoms with Crippen LogP contribution in [-0.2, 0) is 14.3 Å². The molecule has 0 bridgehead atoms. The Bertz CT molecular complexity index is 166. The second kappa shape index (κ2) is 2.68. The minimum absolute atomic E-state index is 0.292. The highest BCUT2D eigenvalue weighted by Gasteiger charge is 2.26. The smallest absolute Gasteiger partial charge is 0.397 e. The molecule has 0 saturated carbocycles. The molecule has 1 saturated heterocycles. The Kier molecular flexibility index (Phi) is 1.89. The van der Waals surface area contributed by atoms with Gasteiger partial charge in [0.1, 0.15) is 6.61 Å². The molecule has 1 heterocycles. The number of carbonyl (C=O) groups is 2. The van der Waals surface area contributed by atoms with Crippen molar-refractivity contribution in [2.75, 3.05) is 19.7 Å². The fourth-order valence-corrected chi connectivity index (χ4v) is 0.754. The molecule has 0 atom stereocenters. The van der Waals surface area contributed by atoms with Gasteiger partial charge in [-0.1, -0.05) is 0 Å². The van der Waals surface area contributed by atoms with Crippen LogP contribution in [0.2, 0.25) is 0 Å². The van der Waals surface area contributed by atoms with Gasteiger partial charge in [-0.05, 0) is 6.92 Å². The Hall–Kier alpha value is -1.06. The van der Waals surface area contributed by atoms with Gasteiger partial charge < -0.3 is 9.64 Å². The Balaban J connectivity index is 2.60. The molecule has 55 valence electrons. The fraction of sp³-hybridized carbons (Fsp3) is 0.500. The van der Waals surface area contributed by atoms with Gasteiger partial charge in [0.05, 0.1) is 6.54 Å². The first-order valence-corrected chi connectivity index (χ1v) is 3.01. The van der Waals surface area contributed by atoms with E-state index in [-0.39, 0.29) is 0 Å². The number of cyclic esters (lactones) is 1. The van der Waals surface area contributed by atoms with Crippen LogP contribution >= 0.6 is 0 Å². The van der Waals surface area contributed by atoms with E-state index >= 15 is 0 Å². The van der Waals surface area contributed by atoms with E-state index in [0.717, 1.165) is 0 Å². The van der Waals surface area contributed by atoms with E-state index in [9.17, 15) is 9.59 Å². The van der Waals surface area contributed by atoms with E-state index in [1.807, 2.05) is 0 Å². The molecule has 0 spiro atoms. The van der Waals surface area contributed by atoms with Gasteiger partial charge in [0.2, 0.25) is 0 Å². The molecular formula is C6H8NO3. The van der Waals surface area contributed by atoms with Crippen molar-refractivity contribution in [3.05, 3.63) is 6.92 Å². The number of hydrogen-bond acceptors (Lipinski definition) is 3. The highest BCUT2D eigenvalue weighted by atomic mass is 16.5. The van der Waals surface area contributed by atoms with Gasteiger partial charge >= 0.3 is 11.9 Å². The molecule has 1 radical (unpaired) electrons. The third-order valence-corrected chi connectivity index (χ3v) is 1.33. The van der Waals surface area contributed by atoms with Gasteiger partial charge in [-0.2, -0.15) is 0 Å². The molecule has 0 aromatic carbocycles. The fourth-order valence-electron chi connectivity index (χ4n) is 0.754. The summed E-state index contributed by atoms with van der Waals surface area (Å²) in [5, 5.41) is 0. The van der Waals surface area contributed by atoms with Crippen LogP contribution < -0.4 is 0 Å². The number of esters is 1. The predicted octanol–water partition coefficient (Wildman–Crippen LogP) is -0.794. The van der Waals surface area contributed by atoms with Crippen LogP contribution in [0.1, 0.15) is 0 Å². The summed E-state index contributed by atoms with van der Waals surface area (Å²) in [6.45, 7) is 4.58. The summed E-state index contributed by atoms with van der Waals surface area (Å²) in [5.41, 5.74) is 0. The Morgan fingerprint density at radius 3 is 2.80 bits per heavy atom. The van der Waals surface area contributed by atoms with Gasteiger partial charge in [0.25, 0.3) is 0 Å². The second-order valence-electron chi connectivity index (χ2n) is 1.93. The molecule has 4 nitrogen and oxygen atoms in total. The summed E-state index contributed by atoms with van der Waals surface area (Å²) < 4.78 is 4.46. The lowest BCUT2D eigenvalue weighted by Crippen LogP contribution is -2.44. The van der Waals surface area contributed by atoms with Crippen molar-refractivity contribution in [1.29, 1.82) is 0 Å². The van der Waals surface area contributed by atoms with Crippen molar-refractivity contribution >= 4 is 11.9 Å². The Labute approximate surface area is 58.8 Å². The van der Waals surface area contributed by atoms with Crippen molar-refractivity contribution in [2.45, 2.75) is 0 Å². The predicted molar refractivity (Wildman–Crippen MR) is 32.9 cm³/mol. The van der Waals surface area contributed by atoms with E-state index in [4.69, 9.17) is 0 Å². The van der Waals surface area contributed by atoms with Crippen LogP contribution in [0.3, 0.4) is 0 Å². The molecule has 4 heteroatoms. The summed E-state index contributed by atoms with van der Waals surface area (Å²) in [6.07, 6.45) is 0. The van der Waals surface area contributed by atoms with Gasteiger partial charge in [0, 0.05) is 6.54 Å². The lowest BCUT2D eigenvalue weighted by molar-refractivity contribution is -0.165.